The topological polar surface area (TPSA) is 73.9 Å². The summed E-state index contributed by atoms with van der Waals surface area (Å²) in [6.07, 6.45) is 0.0833. The van der Waals surface area contributed by atoms with E-state index in [9.17, 15) is 9.59 Å². The Hall–Kier alpha value is -0.557. The predicted molar refractivity (Wildman–Crippen MR) is 33.8 cm³/mol. The van der Waals surface area contributed by atoms with Crippen molar-refractivity contribution < 1.29 is 38.4 Å². The molecule has 0 aromatic rings. The smallest absolute Gasteiger partial charge is 0 e. The van der Waals surface area contributed by atoms with Crippen LogP contribution < -0.4 is 0 Å². The van der Waals surface area contributed by atoms with Gasteiger partial charge in [0, 0.05) is 19.5 Å². The van der Waals surface area contributed by atoms with Crippen LogP contribution in [0.4, 0.5) is 0 Å². The molecule has 0 saturated heterocycles. The van der Waals surface area contributed by atoms with E-state index < -0.39 is 0 Å². The molecule has 5 heteroatoms. The summed E-state index contributed by atoms with van der Waals surface area (Å²) >= 11 is 0. The minimum absolute atomic E-state index is 0. The molecular weight excluding hydrogens is 251 g/mol. The summed E-state index contributed by atoms with van der Waals surface area (Å²) in [6.45, 7) is 11.8. The van der Waals surface area contributed by atoms with Gasteiger partial charge in [0.2, 0.25) is 0 Å². The van der Waals surface area contributed by atoms with Gasteiger partial charge in [-0.2, -0.15) is 0 Å². The zero-order chi connectivity index (χ0) is 9.86. The third-order valence-corrected chi connectivity index (χ3v) is 0.498. The molecule has 0 spiro atoms. The minimum atomic E-state index is -0.0625. The molecule has 0 saturated carbocycles. The number of hydrogen-bond acceptors (Lipinski definition) is 2. The van der Waals surface area contributed by atoms with E-state index in [-0.39, 0.29) is 37.5 Å². The average Bonchev–Trinajstić information content (AvgIpc) is 1.93. The molecule has 3 radical (unpaired) electrons. The van der Waals surface area contributed by atoms with Crippen LogP contribution in [-0.4, -0.2) is 11.6 Å². The zero-order valence-electron chi connectivity index (χ0n) is 6.67. The molecule has 67 valence electrons. The van der Waals surface area contributed by atoms with Gasteiger partial charge >= 0.3 is 22.6 Å². The molecule has 0 amide bonds. The van der Waals surface area contributed by atoms with E-state index >= 15 is 0 Å². The number of hydrogen-bond donors (Lipinski definition) is 0. The normalized spacial score (nSPS) is 5.17. The third kappa shape index (κ3) is 56.8. The summed E-state index contributed by atoms with van der Waals surface area (Å²) in [5.41, 5.74) is 0. The number of ketones is 2. The van der Waals surface area contributed by atoms with Gasteiger partial charge in [-0.25, -0.2) is 0 Å². The number of carbonyl (C=O) groups excluding carboxylic acids is 2. The fraction of sp³-hybridized carbons (Fsp3) is 0.429. The van der Waals surface area contributed by atoms with Crippen LogP contribution in [0.1, 0.15) is 20.3 Å². The molecule has 0 N–H and O–H groups in total. The van der Waals surface area contributed by atoms with E-state index in [2.05, 4.69) is 13.3 Å². The second-order valence-electron chi connectivity index (χ2n) is 1.58. The Morgan fingerprint density at radius 2 is 1.17 bits per heavy atom. The van der Waals surface area contributed by atoms with Gasteiger partial charge in [-0.3, -0.25) is 9.59 Å². The van der Waals surface area contributed by atoms with Gasteiger partial charge in [0.15, 0.2) is 0 Å². The van der Waals surface area contributed by atoms with E-state index in [1.54, 1.807) is 0 Å². The van der Waals surface area contributed by atoms with Gasteiger partial charge in [-0.1, -0.05) is 0 Å². The van der Waals surface area contributed by atoms with Gasteiger partial charge in [-0.05, 0) is 13.8 Å². The van der Waals surface area contributed by atoms with E-state index in [1.165, 1.54) is 13.8 Å². The Labute approximate surface area is 83.9 Å². The van der Waals surface area contributed by atoms with Crippen molar-refractivity contribution in [1.29, 1.82) is 0 Å². The second kappa shape index (κ2) is 22.4. The Morgan fingerprint density at radius 3 is 1.17 bits per heavy atom. The number of rotatable bonds is 2. The van der Waals surface area contributed by atoms with Crippen molar-refractivity contribution in [2.45, 2.75) is 20.3 Å². The predicted octanol–water partition coefficient (Wildman–Crippen LogP) is 0.477. The molecule has 0 aromatic carbocycles. The van der Waals surface area contributed by atoms with Crippen molar-refractivity contribution in [2.75, 3.05) is 0 Å². The first kappa shape index (κ1) is 22.5. The molecule has 0 bridgehead atoms. The van der Waals surface area contributed by atoms with Gasteiger partial charge in [0.25, 0.3) is 0 Å². The van der Waals surface area contributed by atoms with Gasteiger partial charge < -0.3 is 0 Å². The van der Waals surface area contributed by atoms with Gasteiger partial charge in [0.05, 0.1) is 6.42 Å². The quantitative estimate of drug-likeness (QED) is 0.411. The summed E-state index contributed by atoms with van der Waals surface area (Å²) in [4.78, 5) is 20.1. The molecule has 0 atom stereocenters. The zero-order valence-corrected chi connectivity index (χ0v) is 8.31. The maximum absolute atomic E-state index is 10.0. The van der Waals surface area contributed by atoms with Crippen LogP contribution in [0, 0.1) is 13.3 Å². The molecule has 0 unspecified atom stereocenters. The van der Waals surface area contributed by atoms with Crippen LogP contribution in [0.2, 0.25) is 0 Å². The van der Waals surface area contributed by atoms with Crippen LogP contribution >= 0.6 is 0 Å². The molecular formula is C7H8O4Rh+2. The standard InChI is InChI=1S/C5H8O2.2CO.Rh/c1-4(6)3-5(2)7;2*1-2;/h3H2,1-2H3;;;/q;2*+1;. The van der Waals surface area contributed by atoms with E-state index in [4.69, 9.17) is 9.30 Å². The van der Waals surface area contributed by atoms with Gasteiger partial charge in [0.1, 0.15) is 11.6 Å². The molecule has 0 aromatic heterocycles. The first-order valence-electron chi connectivity index (χ1n) is 2.52. The molecule has 0 aliphatic heterocycles. The van der Waals surface area contributed by atoms with Crippen molar-refractivity contribution in [2.24, 2.45) is 0 Å². The Bertz CT molecular complexity index is 141. The number of carbonyl (C=O) groups is 2. The Balaban J connectivity index is -0.0000000560. The van der Waals surface area contributed by atoms with Crippen LogP contribution in [0.25, 0.3) is 0 Å². The first-order chi connectivity index (χ1) is 5.13. The maximum Gasteiger partial charge on any atom is 0 e. The molecule has 12 heavy (non-hydrogen) atoms. The van der Waals surface area contributed by atoms with Crippen molar-refractivity contribution in [3.8, 4) is 0 Å². The molecule has 0 aliphatic carbocycles. The molecule has 0 heterocycles. The largest absolute Gasteiger partial charge is 0 e. The minimum Gasteiger partial charge on any atom is 0 e. The van der Waals surface area contributed by atoms with E-state index in [0.717, 1.165) is 0 Å². The molecule has 0 fully saturated rings. The molecule has 4 nitrogen and oxygen atoms in total. The van der Waals surface area contributed by atoms with Crippen molar-refractivity contribution in [3.63, 3.8) is 0 Å². The van der Waals surface area contributed by atoms with Gasteiger partial charge in [-0.15, -0.1) is 0 Å². The summed E-state index contributed by atoms with van der Waals surface area (Å²) in [7, 11) is 0. The van der Waals surface area contributed by atoms with E-state index in [1.807, 2.05) is 0 Å². The van der Waals surface area contributed by atoms with Crippen LogP contribution in [-0.2, 0) is 38.4 Å². The fourth-order valence-electron chi connectivity index (χ4n) is 0.351. The van der Waals surface area contributed by atoms with E-state index in [0.29, 0.717) is 0 Å². The average molecular weight is 259 g/mol. The molecule has 0 rings (SSSR count). The summed E-state index contributed by atoms with van der Waals surface area (Å²) < 4.78 is 15.0. The Morgan fingerprint density at radius 1 is 1.00 bits per heavy atom. The number of Topliss-reactive ketones (excluding diaryl/α,β-unsaturated/α-hetero) is 2. The first-order valence-corrected chi connectivity index (χ1v) is 2.52. The monoisotopic (exact) mass is 259 g/mol. The van der Waals surface area contributed by atoms with Crippen LogP contribution in [0.3, 0.4) is 0 Å². The maximum atomic E-state index is 10.0. The third-order valence-electron chi connectivity index (χ3n) is 0.498. The van der Waals surface area contributed by atoms with Crippen molar-refractivity contribution in [3.05, 3.63) is 13.3 Å². The Kier molecular flexibility index (Phi) is 42.1. The summed E-state index contributed by atoms with van der Waals surface area (Å²) in [5.74, 6) is -0.125. The van der Waals surface area contributed by atoms with Crippen molar-refractivity contribution >= 4 is 11.6 Å². The second-order valence-corrected chi connectivity index (χ2v) is 1.58. The van der Waals surface area contributed by atoms with Crippen LogP contribution in [0.5, 0.6) is 0 Å². The van der Waals surface area contributed by atoms with Crippen LogP contribution in [0.15, 0.2) is 0 Å². The summed E-state index contributed by atoms with van der Waals surface area (Å²) in [6, 6.07) is 0. The SMILES string of the molecule is CC(=O)CC(C)=O.[C]#[O+].[C]#[O+].[Rh]. The van der Waals surface area contributed by atoms with Crippen molar-refractivity contribution in [1.82, 2.24) is 0 Å². The summed E-state index contributed by atoms with van der Waals surface area (Å²) in [5, 5.41) is 0. The molecule has 0 aliphatic rings. The fourth-order valence-corrected chi connectivity index (χ4v) is 0.351.